The van der Waals surface area contributed by atoms with Crippen LogP contribution in [0.25, 0.3) is 0 Å². The second-order valence-electron chi connectivity index (χ2n) is 4.24. The first-order valence-corrected chi connectivity index (χ1v) is 7.14. The van der Waals surface area contributed by atoms with Crippen molar-refractivity contribution in [3.8, 4) is 0 Å². The second-order valence-corrected chi connectivity index (χ2v) is 5.09. The number of hydrogen-bond donors (Lipinski definition) is 2. The molecule has 102 valence electrons. The third kappa shape index (κ3) is 5.18. The molecule has 0 aromatic carbocycles. The first-order valence-electron chi connectivity index (χ1n) is 6.35. The van der Waals surface area contributed by atoms with Crippen LogP contribution in [0.3, 0.4) is 0 Å². The Kier molecular flexibility index (Phi) is 6.97. The number of nitrogens with one attached hydrogen (secondary N) is 2. The number of nitrogens with zero attached hydrogens (tertiary/aromatic N) is 1. The predicted molar refractivity (Wildman–Crippen MR) is 76.0 cm³/mol. The van der Waals surface area contributed by atoms with E-state index in [0.717, 1.165) is 19.5 Å². The summed E-state index contributed by atoms with van der Waals surface area (Å²) in [5, 5.41) is 3.29. The Morgan fingerprint density at radius 2 is 2.06 bits per heavy atom. The lowest BCUT2D eigenvalue weighted by molar-refractivity contribution is 0.547. The van der Waals surface area contributed by atoms with Crippen molar-refractivity contribution in [2.45, 2.75) is 39.2 Å². The lowest BCUT2D eigenvalue weighted by Crippen LogP contribution is -2.33. The summed E-state index contributed by atoms with van der Waals surface area (Å²) in [6, 6.07) is 0. The number of aromatic amines is 1. The third-order valence-electron chi connectivity index (χ3n) is 2.70. The van der Waals surface area contributed by atoms with Gasteiger partial charge in [0.25, 0.3) is 5.56 Å². The fraction of sp³-hybridized carbons (Fsp3) is 0.667. The quantitative estimate of drug-likeness (QED) is 0.713. The Morgan fingerprint density at radius 3 is 2.78 bits per heavy atom. The minimum absolute atomic E-state index is 0.365. The van der Waals surface area contributed by atoms with Crippen LogP contribution in [-0.2, 0) is 6.54 Å². The molecule has 0 aliphatic carbocycles. The zero-order valence-electron chi connectivity index (χ0n) is 10.7. The molecular formula is C12H20BrN3O2. The van der Waals surface area contributed by atoms with Gasteiger partial charge in [0, 0.05) is 19.3 Å². The monoisotopic (exact) mass is 317 g/mol. The molecule has 1 rings (SSSR count). The smallest absolute Gasteiger partial charge is 0.315 e. The van der Waals surface area contributed by atoms with Gasteiger partial charge < -0.3 is 5.32 Å². The maximum Gasteiger partial charge on any atom is 0.328 e. The van der Waals surface area contributed by atoms with Crippen LogP contribution < -0.4 is 16.6 Å². The molecule has 2 N–H and O–H groups in total. The fourth-order valence-corrected chi connectivity index (χ4v) is 2.00. The zero-order valence-corrected chi connectivity index (χ0v) is 12.3. The van der Waals surface area contributed by atoms with E-state index in [1.807, 2.05) is 0 Å². The lowest BCUT2D eigenvalue weighted by atomic mass is 10.2. The highest BCUT2D eigenvalue weighted by Crippen LogP contribution is 1.98. The van der Waals surface area contributed by atoms with Crippen molar-refractivity contribution >= 4 is 15.9 Å². The van der Waals surface area contributed by atoms with Crippen LogP contribution in [0.2, 0.25) is 0 Å². The molecule has 0 radical (unpaired) electrons. The second kappa shape index (κ2) is 8.26. The topological polar surface area (TPSA) is 66.9 Å². The normalized spacial score (nSPS) is 10.8. The van der Waals surface area contributed by atoms with E-state index in [0.29, 0.717) is 11.0 Å². The van der Waals surface area contributed by atoms with Gasteiger partial charge in [0.05, 0.1) is 4.47 Å². The average molecular weight is 318 g/mol. The Bertz CT molecular complexity index is 467. The largest absolute Gasteiger partial charge is 0.328 e. The summed E-state index contributed by atoms with van der Waals surface area (Å²) in [6.07, 6.45) is 6.44. The van der Waals surface area contributed by atoms with Gasteiger partial charge in [0.15, 0.2) is 0 Å². The van der Waals surface area contributed by atoms with Crippen LogP contribution >= 0.6 is 15.9 Å². The van der Waals surface area contributed by atoms with E-state index in [1.165, 1.54) is 30.0 Å². The number of H-pyrrole nitrogens is 1. The van der Waals surface area contributed by atoms with E-state index in [-0.39, 0.29) is 11.2 Å². The van der Waals surface area contributed by atoms with Crippen LogP contribution in [-0.4, -0.2) is 22.6 Å². The molecule has 0 atom stereocenters. The highest BCUT2D eigenvalue weighted by molar-refractivity contribution is 9.10. The van der Waals surface area contributed by atoms with E-state index >= 15 is 0 Å². The number of rotatable bonds is 8. The first-order chi connectivity index (χ1) is 8.65. The van der Waals surface area contributed by atoms with Gasteiger partial charge in [-0.1, -0.05) is 26.2 Å². The van der Waals surface area contributed by atoms with Gasteiger partial charge in [0.2, 0.25) is 0 Å². The summed E-state index contributed by atoms with van der Waals surface area (Å²) >= 11 is 3.11. The van der Waals surface area contributed by atoms with Gasteiger partial charge >= 0.3 is 5.69 Å². The molecule has 0 bridgehead atoms. The van der Waals surface area contributed by atoms with Crippen LogP contribution in [0.1, 0.15) is 32.6 Å². The molecule has 0 spiro atoms. The number of hydrogen-bond acceptors (Lipinski definition) is 3. The van der Waals surface area contributed by atoms with E-state index in [4.69, 9.17) is 0 Å². The maximum atomic E-state index is 11.5. The van der Waals surface area contributed by atoms with E-state index in [2.05, 4.69) is 33.2 Å². The van der Waals surface area contributed by atoms with Crippen molar-refractivity contribution < 1.29 is 0 Å². The predicted octanol–water partition coefficient (Wildman–Crippen LogP) is 1.47. The van der Waals surface area contributed by atoms with Crippen molar-refractivity contribution in [3.05, 3.63) is 31.5 Å². The summed E-state index contributed by atoms with van der Waals surface area (Å²) < 4.78 is 1.87. The van der Waals surface area contributed by atoms with E-state index < -0.39 is 0 Å². The summed E-state index contributed by atoms with van der Waals surface area (Å²) in [5.74, 6) is 0. The molecule has 1 heterocycles. The van der Waals surface area contributed by atoms with Crippen LogP contribution in [0.5, 0.6) is 0 Å². The molecule has 0 saturated carbocycles. The van der Waals surface area contributed by atoms with Gasteiger partial charge in [-0.2, -0.15) is 0 Å². The Morgan fingerprint density at radius 1 is 1.28 bits per heavy atom. The first kappa shape index (κ1) is 15.2. The summed E-state index contributed by atoms with van der Waals surface area (Å²) in [6.45, 7) is 4.44. The van der Waals surface area contributed by atoms with Gasteiger partial charge in [-0.05, 0) is 28.9 Å². The van der Waals surface area contributed by atoms with Crippen molar-refractivity contribution in [2.24, 2.45) is 0 Å². The number of aromatic nitrogens is 2. The highest BCUT2D eigenvalue weighted by atomic mass is 79.9. The summed E-state index contributed by atoms with van der Waals surface area (Å²) in [5.41, 5.74) is -0.750. The van der Waals surface area contributed by atoms with Gasteiger partial charge in [-0.15, -0.1) is 0 Å². The van der Waals surface area contributed by atoms with Crippen LogP contribution in [0, 0.1) is 0 Å². The van der Waals surface area contributed by atoms with Crippen molar-refractivity contribution in [2.75, 3.05) is 13.1 Å². The minimum Gasteiger partial charge on any atom is -0.315 e. The van der Waals surface area contributed by atoms with Gasteiger partial charge in [0.1, 0.15) is 0 Å². The van der Waals surface area contributed by atoms with E-state index in [9.17, 15) is 9.59 Å². The summed E-state index contributed by atoms with van der Waals surface area (Å²) in [7, 11) is 0. The third-order valence-corrected chi connectivity index (χ3v) is 3.27. The maximum absolute atomic E-state index is 11.5. The zero-order chi connectivity index (χ0) is 13.4. The minimum atomic E-state index is -0.385. The average Bonchev–Trinajstić information content (AvgIpc) is 2.34. The molecule has 18 heavy (non-hydrogen) atoms. The highest BCUT2D eigenvalue weighted by Gasteiger charge is 2.00. The molecule has 0 aliphatic heterocycles. The molecule has 1 aromatic heterocycles. The summed E-state index contributed by atoms with van der Waals surface area (Å²) in [4.78, 5) is 24.8. The van der Waals surface area contributed by atoms with Gasteiger partial charge in [-0.25, -0.2) is 4.79 Å². The molecule has 6 heteroatoms. The molecule has 0 aliphatic rings. The molecule has 0 fully saturated rings. The Hall–Kier alpha value is -0.880. The number of halogens is 1. The van der Waals surface area contributed by atoms with Crippen molar-refractivity contribution in [3.63, 3.8) is 0 Å². The van der Waals surface area contributed by atoms with E-state index in [1.54, 1.807) is 0 Å². The number of unbranched alkanes of at least 4 members (excludes halogenated alkanes) is 3. The molecule has 1 aromatic rings. The molecule has 0 unspecified atom stereocenters. The SMILES string of the molecule is CCCCCCNCCn1cc(Br)c(=O)[nH]c1=O. The molecular weight excluding hydrogens is 298 g/mol. The standard InChI is InChI=1S/C12H20BrN3O2/c1-2-3-4-5-6-14-7-8-16-9-10(13)11(17)15-12(16)18/h9,14H,2-8H2,1H3,(H,15,17,18). The van der Waals surface area contributed by atoms with Crippen LogP contribution in [0.4, 0.5) is 0 Å². The Balaban J connectivity index is 2.30. The molecule has 0 amide bonds. The molecule has 5 nitrogen and oxygen atoms in total. The molecule has 0 saturated heterocycles. The van der Waals surface area contributed by atoms with Crippen LogP contribution in [0.15, 0.2) is 20.3 Å². The Labute approximate surface area is 115 Å². The van der Waals surface area contributed by atoms with Crippen molar-refractivity contribution in [1.82, 2.24) is 14.9 Å². The lowest BCUT2D eigenvalue weighted by Gasteiger charge is -2.07. The van der Waals surface area contributed by atoms with Gasteiger partial charge in [-0.3, -0.25) is 14.3 Å². The van der Waals surface area contributed by atoms with Crippen molar-refractivity contribution in [1.29, 1.82) is 0 Å². The fourth-order valence-electron chi connectivity index (χ4n) is 1.65.